The summed E-state index contributed by atoms with van der Waals surface area (Å²) >= 11 is 1.46. The summed E-state index contributed by atoms with van der Waals surface area (Å²) in [7, 11) is 3.50. The number of thiazole rings is 1. The van der Waals surface area contributed by atoms with E-state index in [4.69, 9.17) is 4.74 Å². The minimum absolute atomic E-state index is 0.00497. The van der Waals surface area contributed by atoms with Gasteiger partial charge in [-0.3, -0.25) is 14.5 Å². The number of amides is 2. The van der Waals surface area contributed by atoms with E-state index in [1.807, 2.05) is 43.0 Å². The zero-order chi connectivity index (χ0) is 21.0. The highest BCUT2D eigenvalue weighted by Crippen LogP contribution is 2.23. The Bertz CT molecular complexity index is 873. The summed E-state index contributed by atoms with van der Waals surface area (Å²) in [6.45, 7) is 7.89. The van der Waals surface area contributed by atoms with Crippen LogP contribution in [0.4, 0.5) is 0 Å². The summed E-state index contributed by atoms with van der Waals surface area (Å²) in [5.41, 5.74) is 1.40. The van der Waals surface area contributed by atoms with E-state index < -0.39 is 0 Å². The lowest BCUT2D eigenvalue weighted by molar-refractivity contribution is 0.0624. The SMILES string of the molecule is CCOc1ccccc1C(=O)N1CCN(Cc2nc(C)c(C(=O)N(C)C)s2)CC1. The van der Waals surface area contributed by atoms with Gasteiger partial charge in [-0.2, -0.15) is 0 Å². The van der Waals surface area contributed by atoms with E-state index in [-0.39, 0.29) is 11.8 Å². The smallest absolute Gasteiger partial charge is 0.265 e. The highest BCUT2D eigenvalue weighted by Gasteiger charge is 2.25. The van der Waals surface area contributed by atoms with Crippen molar-refractivity contribution in [1.29, 1.82) is 0 Å². The Balaban J connectivity index is 1.59. The molecule has 1 aromatic carbocycles. The summed E-state index contributed by atoms with van der Waals surface area (Å²) in [6.07, 6.45) is 0. The van der Waals surface area contributed by atoms with E-state index in [1.165, 1.54) is 11.3 Å². The normalized spacial score (nSPS) is 14.7. The monoisotopic (exact) mass is 416 g/mol. The molecule has 0 aliphatic carbocycles. The predicted molar refractivity (Wildman–Crippen MR) is 114 cm³/mol. The van der Waals surface area contributed by atoms with Gasteiger partial charge in [0, 0.05) is 40.3 Å². The number of nitrogens with zero attached hydrogens (tertiary/aromatic N) is 4. The number of benzene rings is 1. The van der Waals surface area contributed by atoms with Crippen molar-refractivity contribution in [2.75, 3.05) is 46.9 Å². The standard InChI is InChI=1S/C21H28N4O3S/c1-5-28-17-9-7-6-8-16(17)20(26)25-12-10-24(11-13-25)14-18-22-15(2)19(29-18)21(27)23(3)4/h6-9H,5,10-14H2,1-4H3. The molecule has 0 spiro atoms. The molecular formula is C21H28N4O3S. The average Bonchev–Trinajstić information content (AvgIpc) is 3.08. The van der Waals surface area contributed by atoms with Crippen molar-refractivity contribution in [2.24, 2.45) is 0 Å². The van der Waals surface area contributed by atoms with Crippen LogP contribution in [-0.2, 0) is 6.54 Å². The number of ether oxygens (including phenoxy) is 1. The predicted octanol–water partition coefficient (Wildman–Crippen LogP) is 2.51. The van der Waals surface area contributed by atoms with E-state index in [1.54, 1.807) is 19.0 Å². The molecule has 1 aliphatic rings. The zero-order valence-electron chi connectivity index (χ0n) is 17.5. The van der Waals surface area contributed by atoms with E-state index >= 15 is 0 Å². The van der Waals surface area contributed by atoms with E-state index in [9.17, 15) is 9.59 Å². The Labute approximate surface area is 175 Å². The van der Waals surface area contributed by atoms with Gasteiger partial charge in [-0.05, 0) is 26.0 Å². The van der Waals surface area contributed by atoms with E-state index in [0.717, 1.165) is 23.8 Å². The third-order valence-electron chi connectivity index (χ3n) is 4.88. The van der Waals surface area contributed by atoms with Crippen LogP contribution >= 0.6 is 11.3 Å². The van der Waals surface area contributed by atoms with Crippen molar-refractivity contribution < 1.29 is 14.3 Å². The quantitative estimate of drug-likeness (QED) is 0.724. The molecule has 156 valence electrons. The third kappa shape index (κ3) is 4.94. The molecule has 7 nitrogen and oxygen atoms in total. The van der Waals surface area contributed by atoms with Crippen molar-refractivity contribution in [1.82, 2.24) is 19.7 Å². The van der Waals surface area contributed by atoms with Crippen molar-refractivity contribution in [3.8, 4) is 5.75 Å². The Kier molecular flexibility index (Phi) is 6.87. The molecule has 1 saturated heterocycles. The molecule has 0 saturated carbocycles. The topological polar surface area (TPSA) is 66.0 Å². The molecular weight excluding hydrogens is 388 g/mol. The Hall–Kier alpha value is -2.45. The highest BCUT2D eigenvalue weighted by molar-refractivity contribution is 7.13. The molecule has 0 radical (unpaired) electrons. The number of carbonyl (C=O) groups is 2. The van der Waals surface area contributed by atoms with Crippen LogP contribution < -0.4 is 4.74 Å². The molecule has 0 atom stereocenters. The minimum atomic E-state index is -0.00497. The first-order valence-corrected chi connectivity index (χ1v) is 10.6. The van der Waals surface area contributed by atoms with Gasteiger partial charge in [-0.25, -0.2) is 4.98 Å². The second kappa shape index (κ2) is 9.37. The number of piperazine rings is 1. The molecule has 1 aromatic heterocycles. The number of rotatable bonds is 6. The molecule has 2 heterocycles. The molecule has 2 aromatic rings. The Morgan fingerprint density at radius 2 is 1.86 bits per heavy atom. The van der Waals surface area contributed by atoms with Crippen LogP contribution in [0.5, 0.6) is 5.75 Å². The van der Waals surface area contributed by atoms with Gasteiger partial charge < -0.3 is 14.5 Å². The highest BCUT2D eigenvalue weighted by atomic mass is 32.1. The first-order chi connectivity index (χ1) is 13.9. The summed E-state index contributed by atoms with van der Waals surface area (Å²) in [5, 5.41) is 0.939. The van der Waals surface area contributed by atoms with Crippen LogP contribution in [0.1, 0.15) is 37.7 Å². The zero-order valence-corrected chi connectivity index (χ0v) is 18.3. The molecule has 0 bridgehead atoms. The van der Waals surface area contributed by atoms with Gasteiger partial charge >= 0.3 is 0 Å². The van der Waals surface area contributed by atoms with Crippen LogP contribution in [0, 0.1) is 6.92 Å². The number of hydrogen-bond donors (Lipinski definition) is 0. The Morgan fingerprint density at radius 3 is 2.52 bits per heavy atom. The summed E-state index contributed by atoms with van der Waals surface area (Å²) in [6, 6.07) is 7.40. The number of aryl methyl sites for hydroxylation is 1. The first kappa shape index (κ1) is 21.3. The van der Waals surface area contributed by atoms with Gasteiger partial charge in [0.2, 0.25) is 0 Å². The van der Waals surface area contributed by atoms with Gasteiger partial charge in [0.15, 0.2) is 0 Å². The van der Waals surface area contributed by atoms with Gasteiger partial charge in [0.05, 0.1) is 24.4 Å². The maximum Gasteiger partial charge on any atom is 0.265 e. The lowest BCUT2D eigenvalue weighted by Gasteiger charge is -2.34. The van der Waals surface area contributed by atoms with Gasteiger partial charge in [-0.1, -0.05) is 12.1 Å². The van der Waals surface area contributed by atoms with Crippen molar-refractivity contribution in [3.05, 3.63) is 45.4 Å². The van der Waals surface area contributed by atoms with Crippen LogP contribution in [-0.4, -0.2) is 78.4 Å². The van der Waals surface area contributed by atoms with Crippen LogP contribution in [0.3, 0.4) is 0 Å². The van der Waals surface area contributed by atoms with Crippen molar-refractivity contribution in [2.45, 2.75) is 20.4 Å². The van der Waals surface area contributed by atoms with Crippen LogP contribution in [0.2, 0.25) is 0 Å². The summed E-state index contributed by atoms with van der Waals surface area (Å²) in [4.78, 5) is 36.2. The first-order valence-electron chi connectivity index (χ1n) is 9.82. The van der Waals surface area contributed by atoms with Gasteiger partial charge in [0.25, 0.3) is 11.8 Å². The number of para-hydroxylation sites is 1. The lowest BCUT2D eigenvalue weighted by Crippen LogP contribution is -2.48. The van der Waals surface area contributed by atoms with Crippen LogP contribution in [0.25, 0.3) is 0 Å². The van der Waals surface area contributed by atoms with Crippen LogP contribution in [0.15, 0.2) is 24.3 Å². The lowest BCUT2D eigenvalue weighted by atomic mass is 10.1. The van der Waals surface area contributed by atoms with Gasteiger partial charge in [0.1, 0.15) is 15.6 Å². The Morgan fingerprint density at radius 1 is 1.17 bits per heavy atom. The summed E-state index contributed by atoms with van der Waals surface area (Å²) < 4.78 is 5.60. The van der Waals surface area contributed by atoms with E-state index in [0.29, 0.717) is 42.4 Å². The largest absolute Gasteiger partial charge is 0.493 e. The fourth-order valence-corrected chi connectivity index (χ4v) is 4.45. The maximum absolute atomic E-state index is 12.9. The summed E-state index contributed by atoms with van der Waals surface area (Å²) in [5.74, 6) is 0.645. The van der Waals surface area contributed by atoms with Gasteiger partial charge in [-0.15, -0.1) is 11.3 Å². The molecule has 2 amide bonds. The van der Waals surface area contributed by atoms with E-state index in [2.05, 4.69) is 9.88 Å². The molecule has 29 heavy (non-hydrogen) atoms. The molecule has 8 heteroatoms. The maximum atomic E-state index is 12.9. The fourth-order valence-electron chi connectivity index (χ4n) is 3.32. The molecule has 0 N–H and O–H groups in total. The molecule has 1 aliphatic heterocycles. The average molecular weight is 417 g/mol. The minimum Gasteiger partial charge on any atom is -0.493 e. The number of aromatic nitrogens is 1. The number of carbonyl (C=O) groups excluding carboxylic acids is 2. The number of hydrogen-bond acceptors (Lipinski definition) is 6. The van der Waals surface area contributed by atoms with Crippen molar-refractivity contribution >= 4 is 23.2 Å². The molecule has 1 fully saturated rings. The third-order valence-corrected chi connectivity index (χ3v) is 6.01. The molecule has 0 unspecified atom stereocenters. The second-order valence-electron chi connectivity index (χ2n) is 7.22. The fraction of sp³-hybridized carbons (Fsp3) is 0.476. The molecule has 3 rings (SSSR count). The second-order valence-corrected chi connectivity index (χ2v) is 8.30. The van der Waals surface area contributed by atoms with Crippen molar-refractivity contribution in [3.63, 3.8) is 0 Å².